The SMILES string of the molecule is CCC(CC)c1cc(CNC(=NC)NC2CCN(CC(C)C)CC2)on1. The van der Waals surface area contributed by atoms with Crippen molar-refractivity contribution in [1.29, 1.82) is 0 Å². The number of guanidine groups is 1. The molecule has 1 aromatic heterocycles. The third kappa shape index (κ3) is 6.31. The van der Waals surface area contributed by atoms with Crippen LogP contribution in [-0.4, -0.2) is 48.7 Å². The van der Waals surface area contributed by atoms with Gasteiger partial charge in [-0.1, -0.05) is 32.9 Å². The standard InChI is InChI=1S/C20H37N5O/c1-6-16(7-2)19-12-18(26-24-19)13-22-20(21-5)23-17-8-10-25(11-9-17)14-15(3)4/h12,15-17H,6-11,13-14H2,1-5H3,(H2,21,22,23). The van der Waals surface area contributed by atoms with E-state index in [0.29, 0.717) is 18.5 Å². The Hall–Kier alpha value is -1.56. The maximum atomic E-state index is 5.48. The van der Waals surface area contributed by atoms with Gasteiger partial charge in [-0.25, -0.2) is 0 Å². The summed E-state index contributed by atoms with van der Waals surface area (Å²) < 4.78 is 5.48. The van der Waals surface area contributed by atoms with Crippen LogP contribution in [0.4, 0.5) is 0 Å². The van der Waals surface area contributed by atoms with E-state index < -0.39 is 0 Å². The van der Waals surface area contributed by atoms with E-state index in [1.807, 2.05) is 7.05 Å². The molecule has 0 spiro atoms. The van der Waals surface area contributed by atoms with Crippen molar-refractivity contribution >= 4 is 5.96 Å². The number of aromatic nitrogens is 1. The third-order valence-electron chi connectivity index (χ3n) is 5.19. The van der Waals surface area contributed by atoms with Crippen LogP contribution < -0.4 is 10.6 Å². The van der Waals surface area contributed by atoms with E-state index >= 15 is 0 Å². The molecule has 0 unspecified atom stereocenters. The number of aliphatic imine (C=N–C) groups is 1. The molecule has 0 saturated carbocycles. The lowest BCUT2D eigenvalue weighted by molar-refractivity contribution is 0.187. The molecule has 148 valence electrons. The summed E-state index contributed by atoms with van der Waals surface area (Å²) in [6.45, 7) is 13.1. The van der Waals surface area contributed by atoms with Gasteiger partial charge in [-0.05, 0) is 31.6 Å². The summed E-state index contributed by atoms with van der Waals surface area (Å²) in [7, 11) is 1.82. The molecule has 1 aliphatic heterocycles. The number of nitrogens with zero attached hydrogens (tertiary/aromatic N) is 3. The van der Waals surface area contributed by atoms with Crippen LogP contribution in [0, 0.1) is 5.92 Å². The molecule has 2 heterocycles. The average molecular weight is 364 g/mol. The number of rotatable bonds is 8. The number of hydrogen-bond acceptors (Lipinski definition) is 4. The third-order valence-corrected chi connectivity index (χ3v) is 5.19. The smallest absolute Gasteiger partial charge is 0.191 e. The molecule has 0 aromatic carbocycles. The molecule has 6 heteroatoms. The second-order valence-electron chi connectivity index (χ2n) is 7.77. The number of likely N-dealkylation sites (tertiary alicyclic amines) is 1. The first-order chi connectivity index (χ1) is 12.5. The molecule has 1 fully saturated rings. The first kappa shape index (κ1) is 20.7. The Kier molecular flexibility index (Phi) is 8.42. The van der Waals surface area contributed by atoms with Crippen LogP contribution >= 0.6 is 0 Å². The van der Waals surface area contributed by atoms with Crippen LogP contribution in [0.2, 0.25) is 0 Å². The molecule has 0 aliphatic carbocycles. The van der Waals surface area contributed by atoms with E-state index in [9.17, 15) is 0 Å². The normalized spacial score (nSPS) is 17.3. The molecule has 0 bridgehead atoms. The molecule has 0 atom stereocenters. The Bertz CT molecular complexity index is 542. The van der Waals surface area contributed by atoms with Gasteiger partial charge in [-0.2, -0.15) is 0 Å². The van der Waals surface area contributed by atoms with Crippen LogP contribution in [0.15, 0.2) is 15.6 Å². The molecular weight excluding hydrogens is 326 g/mol. The number of nitrogens with one attached hydrogen (secondary N) is 2. The lowest BCUT2D eigenvalue weighted by Gasteiger charge is -2.33. The highest BCUT2D eigenvalue weighted by Crippen LogP contribution is 2.22. The second kappa shape index (κ2) is 10.6. The van der Waals surface area contributed by atoms with Crippen LogP contribution in [0.5, 0.6) is 0 Å². The van der Waals surface area contributed by atoms with Gasteiger partial charge in [0.15, 0.2) is 11.7 Å². The van der Waals surface area contributed by atoms with E-state index in [4.69, 9.17) is 4.52 Å². The number of hydrogen-bond donors (Lipinski definition) is 2. The minimum Gasteiger partial charge on any atom is -0.359 e. The van der Waals surface area contributed by atoms with Crippen LogP contribution in [0.3, 0.4) is 0 Å². The van der Waals surface area contributed by atoms with Gasteiger partial charge < -0.3 is 20.1 Å². The Morgan fingerprint density at radius 3 is 2.58 bits per heavy atom. The monoisotopic (exact) mass is 363 g/mol. The summed E-state index contributed by atoms with van der Waals surface area (Å²) in [6.07, 6.45) is 4.51. The van der Waals surface area contributed by atoms with Crippen molar-refractivity contribution in [1.82, 2.24) is 20.7 Å². The quantitative estimate of drug-likeness (QED) is 0.548. The second-order valence-corrected chi connectivity index (χ2v) is 7.77. The fourth-order valence-electron chi connectivity index (χ4n) is 3.65. The van der Waals surface area contributed by atoms with E-state index in [0.717, 1.165) is 62.1 Å². The van der Waals surface area contributed by atoms with Gasteiger partial charge in [0, 0.05) is 44.7 Å². The van der Waals surface area contributed by atoms with Crippen LogP contribution in [0.1, 0.15) is 70.8 Å². The first-order valence-electron chi connectivity index (χ1n) is 10.2. The summed E-state index contributed by atoms with van der Waals surface area (Å²) in [5.74, 6) is 2.93. The minimum absolute atomic E-state index is 0.486. The topological polar surface area (TPSA) is 65.7 Å². The Labute approximate surface area is 158 Å². The minimum atomic E-state index is 0.486. The molecule has 6 nitrogen and oxygen atoms in total. The lowest BCUT2D eigenvalue weighted by Crippen LogP contribution is -2.48. The van der Waals surface area contributed by atoms with E-state index in [-0.39, 0.29) is 0 Å². The summed E-state index contributed by atoms with van der Waals surface area (Å²) in [5, 5.41) is 11.1. The van der Waals surface area contributed by atoms with Crippen molar-refractivity contribution < 1.29 is 4.52 Å². The van der Waals surface area contributed by atoms with Gasteiger partial charge in [-0.3, -0.25) is 4.99 Å². The predicted octanol–water partition coefficient (Wildman–Crippen LogP) is 3.36. The van der Waals surface area contributed by atoms with Gasteiger partial charge in [0.25, 0.3) is 0 Å². The van der Waals surface area contributed by atoms with Crippen molar-refractivity contribution in [2.75, 3.05) is 26.7 Å². The fourth-order valence-corrected chi connectivity index (χ4v) is 3.65. The van der Waals surface area contributed by atoms with Crippen molar-refractivity contribution in [2.24, 2.45) is 10.9 Å². The van der Waals surface area contributed by atoms with E-state index in [2.05, 4.69) is 59.4 Å². The van der Waals surface area contributed by atoms with Gasteiger partial charge in [0.1, 0.15) is 0 Å². The fraction of sp³-hybridized carbons (Fsp3) is 0.800. The highest BCUT2D eigenvalue weighted by molar-refractivity contribution is 5.79. The Balaban J connectivity index is 1.76. The van der Waals surface area contributed by atoms with Crippen molar-refractivity contribution in [3.63, 3.8) is 0 Å². The van der Waals surface area contributed by atoms with Gasteiger partial charge >= 0.3 is 0 Å². The summed E-state index contributed by atoms with van der Waals surface area (Å²) >= 11 is 0. The Morgan fingerprint density at radius 1 is 1.31 bits per heavy atom. The highest BCUT2D eigenvalue weighted by atomic mass is 16.5. The summed E-state index contributed by atoms with van der Waals surface area (Å²) in [5.41, 5.74) is 1.06. The first-order valence-corrected chi connectivity index (χ1v) is 10.2. The molecular formula is C20H37N5O. The zero-order valence-electron chi connectivity index (χ0n) is 17.2. The van der Waals surface area contributed by atoms with Crippen molar-refractivity contribution in [2.45, 2.75) is 71.9 Å². The molecule has 0 amide bonds. The maximum absolute atomic E-state index is 5.48. The predicted molar refractivity (Wildman–Crippen MR) is 107 cm³/mol. The summed E-state index contributed by atoms with van der Waals surface area (Å²) in [4.78, 5) is 6.92. The lowest BCUT2D eigenvalue weighted by atomic mass is 9.99. The van der Waals surface area contributed by atoms with Crippen LogP contribution in [0.25, 0.3) is 0 Å². The van der Waals surface area contributed by atoms with Gasteiger partial charge in [0.05, 0.1) is 12.2 Å². The zero-order valence-corrected chi connectivity index (χ0v) is 17.2. The van der Waals surface area contributed by atoms with Crippen molar-refractivity contribution in [3.05, 3.63) is 17.5 Å². The molecule has 1 saturated heterocycles. The van der Waals surface area contributed by atoms with Crippen LogP contribution in [-0.2, 0) is 6.54 Å². The molecule has 2 rings (SSSR count). The van der Waals surface area contributed by atoms with Gasteiger partial charge in [0.2, 0.25) is 0 Å². The zero-order chi connectivity index (χ0) is 18.9. The van der Waals surface area contributed by atoms with E-state index in [1.54, 1.807) is 0 Å². The molecule has 1 aliphatic rings. The van der Waals surface area contributed by atoms with Gasteiger partial charge in [-0.15, -0.1) is 0 Å². The molecule has 2 N–H and O–H groups in total. The molecule has 26 heavy (non-hydrogen) atoms. The Morgan fingerprint density at radius 2 is 2.00 bits per heavy atom. The summed E-state index contributed by atoms with van der Waals surface area (Å²) in [6, 6.07) is 2.56. The van der Waals surface area contributed by atoms with E-state index in [1.165, 1.54) is 6.54 Å². The van der Waals surface area contributed by atoms with Crippen molar-refractivity contribution in [3.8, 4) is 0 Å². The highest BCUT2D eigenvalue weighted by Gasteiger charge is 2.20. The number of piperidine rings is 1. The maximum Gasteiger partial charge on any atom is 0.191 e. The average Bonchev–Trinajstić information content (AvgIpc) is 3.09. The molecule has 0 radical (unpaired) electrons. The molecule has 1 aromatic rings. The largest absolute Gasteiger partial charge is 0.359 e.